The maximum atomic E-state index is 12.1. The number of quaternary nitrogens is 1. The van der Waals surface area contributed by atoms with Crippen molar-refractivity contribution in [3.8, 4) is 0 Å². The topological polar surface area (TPSA) is 95.1 Å². The van der Waals surface area contributed by atoms with Gasteiger partial charge in [-0.05, 0) is 43.9 Å². The van der Waals surface area contributed by atoms with Crippen LogP contribution in [0.25, 0.3) is 0 Å². The van der Waals surface area contributed by atoms with Crippen molar-refractivity contribution in [2.45, 2.75) is 45.3 Å². The standard InChI is InChI=1S/C17H24N2O4/c1-11-5-3-7-14(12(11)2)19-16(20)9-15(17(21)22)18-10-13-6-4-8-23-13/h3,5,7,13,15,18H,4,6,8-10H2,1-2H3,(H,19,20)(H,21,22)/t13-,15+/m1/s1. The average Bonchev–Trinajstić information content (AvgIpc) is 3.01. The second-order valence-corrected chi connectivity index (χ2v) is 6.03. The predicted molar refractivity (Wildman–Crippen MR) is 83.7 cm³/mol. The first kappa shape index (κ1) is 17.4. The van der Waals surface area contributed by atoms with Crippen LogP contribution in [0.15, 0.2) is 18.2 Å². The van der Waals surface area contributed by atoms with Crippen LogP contribution in [0.2, 0.25) is 0 Å². The number of anilines is 1. The number of hydrogen-bond acceptors (Lipinski definition) is 4. The lowest BCUT2D eigenvalue weighted by molar-refractivity contribution is -0.687. The Balaban J connectivity index is 1.89. The summed E-state index contributed by atoms with van der Waals surface area (Å²) in [6.45, 7) is 5.14. The summed E-state index contributed by atoms with van der Waals surface area (Å²) in [5.74, 6) is -1.55. The quantitative estimate of drug-likeness (QED) is 0.707. The molecule has 1 amide bonds. The highest BCUT2D eigenvalue weighted by molar-refractivity contribution is 5.94. The van der Waals surface area contributed by atoms with E-state index in [1.807, 2.05) is 32.0 Å². The van der Waals surface area contributed by atoms with Gasteiger partial charge >= 0.3 is 0 Å². The van der Waals surface area contributed by atoms with E-state index < -0.39 is 12.0 Å². The molecule has 0 spiro atoms. The Labute approximate surface area is 136 Å². The van der Waals surface area contributed by atoms with Crippen LogP contribution >= 0.6 is 0 Å². The van der Waals surface area contributed by atoms with Gasteiger partial charge in [0.1, 0.15) is 18.7 Å². The molecule has 1 fully saturated rings. The summed E-state index contributed by atoms with van der Waals surface area (Å²) in [7, 11) is 0. The van der Waals surface area contributed by atoms with Gasteiger partial charge in [0.05, 0.1) is 12.4 Å². The fourth-order valence-corrected chi connectivity index (χ4v) is 2.70. The van der Waals surface area contributed by atoms with Gasteiger partial charge in [0.25, 0.3) is 0 Å². The van der Waals surface area contributed by atoms with E-state index in [4.69, 9.17) is 4.74 Å². The van der Waals surface area contributed by atoms with Crippen LogP contribution in [0.3, 0.4) is 0 Å². The molecule has 0 aliphatic carbocycles. The van der Waals surface area contributed by atoms with E-state index in [0.717, 1.165) is 30.6 Å². The van der Waals surface area contributed by atoms with Gasteiger partial charge in [0.15, 0.2) is 0 Å². The summed E-state index contributed by atoms with van der Waals surface area (Å²) in [4.78, 5) is 23.4. The van der Waals surface area contributed by atoms with Crippen LogP contribution in [0.1, 0.15) is 30.4 Å². The normalized spacial score (nSPS) is 18.6. The molecular weight excluding hydrogens is 296 g/mol. The molecule has 0 unspecified atom stereocenters. The van der Waals surface area contributed by atoms with E-state index in [1.165, 1.54) is 0 Å². The zero-order chi connectivity index (χ0) is 16.8. The molecule has 6 nitrogen and oxygen atoms in total. The summed E-state index contributed by atoms with van der Waals surface area (Å²) in [6.07, 6.45) is 1.88. The Bertz CT molecular complexity index is 568. The SMILES string of the molecule is Cc1cccc(NC(=O)C[C@H]([NH2+]C[C@H]2CCCO2)C(=O)[O-])c1C. The maximum absolute atomic E-state index is 12.1. The monoisotopic (exact) mass is 320 g/mol. The van der Waals surface area contributed by atoms with Gasteiger partial charge in [0, 0.05) is 12.3 Å². The van der Waals surface area contributed by atoms with E-state index in [0.29, 0.717) is 12.2 Å². The first-order valence-electron chi connectivity index (χ1n) is 7.99. The minimum Gasteiger partial charge on any atom is -0.544 e. The number of nitrogens with two attached hydrogens (primary N) is 1. The molecule has 1 aliphatic heterocycles. The number of benzene rings is 1. The zero-order valence-electron chi connectivity index (χ0n) is 13.6. The number of nitrogens with one attached hydrogen (secondary N) is 1. The molecule has 23 heavy (non-hydrogen) atoms. The number of carboxylic acid groups (broad SMARTS) is 1. The summed E-state index contributed by atoms with van der Waals surface area (Å²) in [6, 6.07) is 4.73. The summed E-state index contributed by atoms with van der Waals surface area (Å²) in [5.41, 5.74) is 2.77. The van der Waals surface area contributed by atoms with E-state index in [-0.39, 0.29) is 18.4 Å². The summed E-state index contributed by atoms with van der Waals surface area (Å²) < 4.78 is 5.47. The largest absolute Gasteiger partial charge is 0.544 e. The Hall–Kier alpha value is -1.92. The van der Waals surface area contributed by atoms with Gasteiger partial charge in [-0.25, -0.2) is 0 Å². The number of carboxylic acids is 1. The molecule has 1 aliphatic rings. The number of rotatable bonds is 7. The fourth-order valence-electron chi connectivity index (χ4n) is 2.70. The number of carbonyl (C=O) groups excluding carboxylic acids is 2. The molecule has 6 heteroatoms. The Morgan fingerprint density at radius 1 is 1.43 bits per heavy atom. The highest BCUT2D eigenvalue weighted by Crippen LogP contribution is 2.18. The number of aliphatic carboxylic acids is 1. The van der Waals surface area contributed by atoms with E-state index in [9.17, 15) is 14.7 Å². The van der Waals surface area contributed by atoms with Crippen LogP contribution in [-0.2, 0) is 14.3 Å². The number of amides is 1. The van der Waals surface area contributed by atoms with Crippen molar-refractivity contribution < 1.29 is 24.7 Å². The molecule has 1 aromatic rings. The Morgan fingerprint density at radius 3 is 2.87 bits per heavy atom. The van der Waals surface area contributed by atoms with Gasteiger partial charge in [-0.15, -0.1) is 0 Å². The van der Waals surface area contributed by atoms with Crippen LogP contribution < -0.4 is 15.7 Å². The Kier molecular flexibility index (Phi) is 6.12. The van der Waals surface area contributed by atoms with Crippen LogP contribution in [-0.4, -0.2) is 37.2 Å². The third kappa shape index (κ3) is 5.04. The van der Waals surface area contributed by atoms with Crippen LogP contribution in [0.5, 0.6) is 0 Å². The second-order valence-electron chi connectivity index (χ2n) is 6.03. The van der Waals surface area contributed by atoms with Crippen LogP contribution in [0, 0.1) is 13.8 Å². The lowest BCUT2D eigenvalue weighted by atomic mass is 10.1. The zero-order valence-corrected chi connectivity index (χ0v) is 13.6. The molecule has 1 saturated heterocycles. The van der Waals surface area contributed by atoms with Gasteiger partial charge in [-0.3, -0.25) is 4.79 Å². The molecule has 0 radical (unpaired) electrons. The minimum atomic E-state index is -1.22. The molecule has 1 aromatic carbocycles. The van der Waals surface area contributed by atoms with Crippen molar-refractivity contribution in [1.82, 2.24) is 0 Å². The van der Waals surface area contributed by atoms with Crippen molar-refractivity contribution in [2.75, 3.05) is 18.5 Å². The van der Waals surface area contributed by atoms with Gasteiger partial charge < -0.3 is 25.3 Å². The maximum Gasteiger partial charge on any atom is 0.230 e. The molecule has 0 bridgehead atoms. The number of hydrogen-bond donors (Lipinski definition) is 2. The van der Waals surface area contributed by atoms with Gasteiger partial charge in [0.2, 0.25) is 5.91 Å². The summed E-state index contributed by atoms with van der Waals surface area (Å²) >= 11 is 0. The van der Waals surface area contributed by atoms with Crippen molar-refractivity contribution in [3.05, 3.63) is 29.3 Å². The minimum absolute atomic E-state index is 0.0685. The van der Waals surface area contributed by atoms with Gasteiger partial charge in [-0.2, -0.15) is 0 Å². The fraction of sp³-hybridized carbons (Fsp3) is 0.529. The summed E-state index contributed by atoms with van der Waals surface area (Å²) in [5, 5.41) is 15.7. The highest BCUT2D eigenvalue weighted by Gasteiger charge is 2.23. The number of ether oxygens (including phenoxy) is 1. The molecule has 1 heterocycles. The third-order valence-electron chi connectivity index (χ3n) is 4.29. The van der Waals surface area contributed by atoms with E-state index in [1.54, 1.807) is 5.32 Å². The molecule has 2 atom stereocenters. The van der Waals surface area contributed by atoms with Crippen molar-refractivity contribution in [2.24, 2.45) is 0 Å². The smallest absolute Gasteiger partial charge is 0.230 e. The first-order valence-corrected chi connectivity index (χ1v) is 7.99. The number of aryl methyl sites for hydroxylation is 1. The Morgan fingerprint density at radius 2 is 2.22 bits per heavy atom. The second kappa shape index (κ2) is 8.08. The van der Waals surface area contributed by atoms with E-state index in [2.05, 4.69) is 5.32 Å². The highest BCUT2D eigenvalue weighted by atomic mass is 16.5. The van der Waals surface area contributed by atoms with E-state index >= 15 is 0 Å². The molecule has 3 N–H and O–H groups in total. The lowest BCUT2D eigenvalue weighted by Crippen LogP contribution is -2.94. The van der Waals surface area contributed by atoms with Crippen molar-refractivity contribution >= 4 is 17.6 Å². The van der Waals surface area contributed by atoms with Crippen molar-refractivity contribution in [3.63, 3.8) is 0 Å². The first-order chi connectivity index (χ1) is 11.0. The predicted octanol–water partition coefficient (Wildman–Crippen LogP) is -0.507. The third-order valence-corrected chi connectivity index (χ3v) is 4.29. The van der Waals surface area contributed by atoms with Crippen molar-refractivity contribution in [1.29, 1.82) is 0 Å². The lowest BCUT2D eigenvalue weighted by Gasteiger charge is -2.18. The average molecular weight is 320 g/mol. The molecule has 0 aromatic heterocycles. The molecular formula is C17H24N2O4. The molecule has 0 saturated carbocycles. The number of carbonyl (C=O) groups is 2. The molecule has 126 valence electrons. The van der Waals surface area contributed by atoms with Crippen LogP contribution in [0.4, 0.5) is 5.69 Å². The molecule has 2 rings (SSSR count). The van der Waals surface area contributed by atoms with Gasteiger partial charge in [-0.1, -0.05) is 12.1 Å².